The molecule has 2 amide bonds. The molecule has 1 unspecified atom stereocenters. The fourth-order valence-electron chi connectivity index (χ4n) is 3.53. The lowest BCUT2D eigenvalue weighted by Crippen LogP contribution is -2.54. The Balaban J connectivity index is 1.45. The minimum atomic E-state index is -1.55. The quantitative estimate of drug-likeness (QED) is 0.156. The maximum Gasteiger partial charge on any atom is 0.547 e. The Morgan fingerprint density at radius 3 is 2.71 bits per heavy atom. The van der Waals surface area contributed by atoms with Crippen molar-refractivity contribution in [2.24, 2.45) is 5.16 Å². The fourth-order valence-corrected chi connectivity index (χ4v) is 4.08. The Labute approximate surface area is 219 Å². The number of anilines is 2. The monoisotopic (exact) mass is 534 g/mol. The molecule has 0 aliphatic carbocycles. The first-order valence-corrected chi connectivity index (χ1v) is 11.8. The molecule has 0 saturated carbocycles. The summed E-state index contributed by atoms with van der Waals surface area (Å²) in [6, 6.07) is 12.6. The number of aromatic nitrogens is 1. The third kappa shape index (κ3) is 6.06. The average Bonchev–Trinajstić information content (AvgIpc) is 3.32. The van der Waals surface area contributed by atoms with E-state index >= 15 is 0 Å². The minimum absolute atomic E-state index is 0.0239. The molecule has 3 aromatic rings. The second kappa shape index (κ2) is 11.4. The predicted molar refractivity (Wildman–Crippen MR) is 136 cm³/mol. The van der Waals surface area contributed by atoms with Crippen molar-refractivity contribution in [2.75, 3.05) is 17.7 Å². The summed E-state index contributed by atoms with van der Waals surface area (Å²) in [4.78, 5) is 45.9. The third-order valence-electron chi connectivity index (χ3n) is 5.29. The van der Waals surface area contributed by atoms with E-state index in [4.69, 9.17) is 20.5 Å². The van der Waals surface area contributed by atoms with Crippen LogP contribution < -0.4 is 21.0 Å². The van der Waals surface area contributed by atoms with Gasteiger partial charge < -0.3 is 36.0 Å². The lowest BCUT2D eigenvalue weighted by atomic mass is 9.72. The van der Waals surface area contributed by atoms with Crippen LogP contribution in [0.3, 0.4) is 0 Å². The molecule has 15 heteroatoms. The highest BCUT2D eigenvalue weighted by Crippen LogP contribution is 2.30. The van der Waals surface area contributed by atoms with Gasteiger partial charge in [-0.15, -0.1) is 11.3 Å². The molecule has 13 nitrogen and oxygen atoms in total. The molecule has 1 atom stereocenters. The molecule has 192 valence electrons. The first-order valence-electron chi connectivity index (χ1n) is 11.0. The lowest BCUT2D eigenvalue weighted by molar-refractivity contribution is -0.121. The first-order chi connectivity index (χ1) is 18.2. The number of thiazole rings is 1. The summed E-state index contributed by atoms with van der Waals surface area (Å²) in [6.45, 7) is -0.545. The van der Waals surface area contributed by atoms with Crippen LogP contribution >= 0.6 is 11.3 Å². The van der Waals surface area contributed by atoms with Crippen LogP contribution in [0.25, 0.3) is 0 Å². The van der Waals surface area contributed by atoms with Crippen molar-refractivity contribution >= 4 is 52.8 Å². The summed E-state index contributed by atoms with van der Waals surface area (Å²) in [7, 11) is -1.55. The van der Waals surface area contributed by atoms with E-state index in [1.165, 1.54) is 29.6 Å². The Kier molecular flexibility index (Phi) is 7.85. The predicted octanol–water partition coefficient (Wildman–Crippen LogP) is 0.794. The number of aromatic carboxylic acids is 1. The van der Waals surface area contributed by atoms with E-state index < -0.39 is 37.5 Å². The van der Waals surface area contributed by atoms with Gasteiger partial charge in [0.25, 0.3) is 11.8 Å². The molecule has 0 spiro atoms. The number of amides is 2. The average molecular weight is 534 g/mol. The first kappa shape index (κ1) is 26.1. The summed E-state index contributed by atoms with van der Waals surface area (Å²) >= 11 is 1.05. The number of benzene rings is 2. The van der Waals surface area contributed by atoms with Crippen molar-refractivity contribution in [3.05, 3.63) is 70.2 Å². The number of carboxylic acid groups (broad SMARTS) is 1. The second-order valence-electron chi connectivity index (χ2n) is 7.91. The van der Waals surface area contributed by atoms with Crippen molar-refractivity contribution < 1.29 is 34.0 Å². The summed E-state index contributed by atoms with van der Waals surface area (Å²) in [6.07, 6.45) is 0.0731. The van der Waals surface area contributed by atoms with Crippen LogP contribution in [-0.2, 0) is 20.8 Å². The number of rotatable bonds is 8. The molecule has 6 N–H and O–H groups in total. The van der Waals surface area contributed by atoms with Crippen LogP contribution in [0.5, 0.6) is 5.75 Å². The van der Waals surface area contributed by atoms with E-state index in [0.717, 1.165) is 11.3 Å². The van der Waals surface area contributed by atoms with Crippen LogP contribution in [0.4, 0.5) is 10.8 Å². The molecule has 1 aliphatic rings. The Morgan fingerprint density at radius 1 is 1.29 bits per heavy atom. The van der Waals surface area contributed by atoms with Gasteiger partial charge in [-0.05, 0) is 42.3 Å². The van der Waals surface area contributed by atoms with Gasteiger partial charge in [0.05, 0.1) is 23.1 Å². The van der Waals surface area contributed by atoms with Gasteiger partial charge in [-0.1, -0.05) is 17.3 Å². The Hall–Kier alpha value is -4.94. The number of carbonyl (C=O) groups is 3. The molecule has 0 radical (unpaired) electrons. The lowest BCUT2D eigenvalue weighted by Gasteiger charge is -2.28. The molecule has 0 saturated heterocycles. The van der Waals surface area contributed by atoms with Crippen LogP contribution in [0.1, 0.15) is 27.2 Å². The highest BCUT2D eigenvalue weighted by molar-refractivity contribution is 7.13. The number of nitrogen functional groups attached to an aromatic ring is 1. The minimum Gasteiger partial charge on any atom is -0.534 e. The number of nitriles is 1. The summed E-state index contributed by atoms with van der Waals surface area (Å²) in [5, 5.41) is 39.2. The number of nitrogens with two attached hydrogens (primary N) is 1. The third-order valence-corrected chi connectivity index (χ3v) is 5.97. The second-order valence-corrected chi connectivity index (χ2v) is 8.80. The van der Waals surface area contributed by atoms with Crippen molar-refractivity contribution in [3.8, 4) is 11.8 Å². The maximum atomic E-state index is 13.1. The molecular weight excluding hydrogens is 515 g/mol. The normalized spacial score (nSPS) is 14.5. The SMILES string of the molecule is N#Cc1ccc(NC(=O)CON=C(C(=O)NC2Cc3cccc(C(=O)O)c3OB2O)c2csc(N)n2)cc1. The molecule has 2 aromatic carbocycles. The number of para-hydroxylation sites is 1. The zero-order chi connectivity index (χ0) is 27.2. The zero-order valence-electron chi connectivity index (χ0n) is 19.5. The standard InChI is InChI=1S/C23H19BN6O7S/c25-9-12-4-6-14(7-5-12)27-18(31)10-36-30-19(16-11-38-23(26)28-16)21(32)29-17-8-13-2-1-3-15(22(33)34)20(13)37-24(17)35/h1-7,11,17,35H,8,10H2,(H2,26,28)(H,27,31)(H,29,32)(H,33,34). The summed E-state index contributed by atoms with van der Waals surface area (Å²) in [5.74, 6) is -3.52. The number of hydrogen-bond acceptors (Lipinski definition) is 11. The van der Waals surface area contributed by atoms with Crippen LogP contribution in [0, 0.1) is 11.3 Å². The van der Waals surface area contributed by atoms with Crippen molar-refractivity contribution in [1.29, 1.82) is 5.26 Å². The van der Waals surface area contributed by atoms with Crippen LogP contribution in [0.15, 0.2) is 53.0 Å². The molecule has 38 heavy (non-hydrogen) atoms. The highest BCUT2D eigenvalue weighted by atomic mass is 32.1. The van der Waals surface area contributed by atoms with Gasteiger partial charge in [-0.2, -0.15) is 5.26 Å². The fraction of sp³-hybridized carbons (Fsp3) is 0.130. The van der Waals surface area contributed by atoms with Crippen LogP contribution in [-0.4, -0.2) is 58.3 Å². The van der Waals surface area contributed by atoms with Crippen molar-refractivity contribution in [2.45, 2.75) is 12.4 Å². The van der Waals surface area contributed by atoms with E-state index in [-0.39, 0.29) is 34.3 Å². The van der Waals surface area contributed by atoms with E-state index in [2.05, 4.69) is 20.8 Å². The molecule has 0 fully saturated rings. The molecule has 4 rings (SSSR count). The summed E-state index contributed by atoms with van der Waals surface area (Å²) in [5.41, 5.74) is 6.70. The molecular formula is C23H19BN6O7S. The highest BCUT2D eigenvalue weighted by Gasteiger charge is 2.38. The maximum absolute atomic E-state index is 13.1. The van der Waals surface area contributed by atoms with Gasteiger partial charge in [0.2, 0.25) is 0 Å². The molecule has 1 aliphatic heterocycles. The van der Waals surface area contributed by atoms with Gasteiger partial charge >= 0.3 is 13.1 Å². The number of nitrogens with zero attached hydrogens (tertiary/aromatic N) is 3. The summed E-state index contributed by atoms with van der Waals surface area (Å²) < 4.78 is 5.40. The largest absolute Gasteiger partial charge is 0.547 e. The van der Waals surface area contributed by atoms with Crippen LogP contribution in [0.2, 0.25) is 0 Å². The Bertz CT molecular complexity index is 1450. The van der Waals surface area contributed by atoms with Gasteiger partial charge in [0, 0.05) is 11.1 Å². The smallest absolute Gasteiger partial charge is 0.534 e. The number of hydrogen-bond donors (Lipinski definition) is 5. The Morgan fingerprint density at radius 2 is 2.05 bits per heavy atom. The number of carboxylic acids is 1. The molecule has 0 bridgehead atoms. The number of fused-ring (bicyclic) bond motifs is 1. The van der Waals surface area contributed by atoms with Gasteiger partial charge in [0.15, 0.2) is 17.5 Å². The van der Waals surface area contributed by atoms with Crippen molar-refractivity contribution in [1.82, 2.24) is 10.3 Å². The van der Waals surface area contributed by atoms with Gasteiger partial charge in [-0.25, -0.2) is 9.78 Å². The number of carbonyl (C=O) groups excluding carboxylic acids is 2. The van der Waals surface area contributed by atoms with Gasteiger partial charge in [0.1, 0.15) is 11.4 Å². The van der Waals surface area contributed by atoms with Crippen molar-refractivity contribution in [3.63, 3.8) is 0 Å². The zero-order valence-corrected chi connectivity index (χ0v) is 20.3. The van der Waals surface area contributed by atoms with E-state index in [1.807, 2.05) is 6.07 Å². The van der Waals surface area contributed by atoms with E-state index in [9.17, 15) is 24.5 Å². The van der Waals surface area contributed by atoms with E-state index in [0.29, 0.717) is 16.8 Å². The number of nitrogens with one attached hydrogen (secondary N) is 2. The number of oxime groups is 1. The van der Waals surface area contributed by atoms with E-state index in [1.54, 1.807) is 18.2 Å². The topological polar surface area (TPSA) is 209 Å². The van der Waals surface area contributed by atoms with Gasteiger partial charge in [-0.3, -0.25) is 9.59 Å². The molecule has 1 aromatic heterocycles. The molecule has 2 heterocycles.